The van der Waals surface area contributed by atoms with Crippen molar-refractivity contribution >= 4 is 11.9 Å². The first-order chi connectivity index (χ1) is 16.1. The first-order valence-electron chi connectivity index (χ1n) is 11.8. The Morgan fingerprint density at radius 1 is 1.06 bits per heavy atom. The molecule has 2 aromatic rings. The summed E-state index contributed by atoms with van der Waals surface area (Å²) < 4.78 is 12.0. The molecular formula is C28H32O5. The molecule has 5 nitrogen and oxygen atoms in total. The molecule has 2 fully saturated rings. The van der Waals surface area contributed by atoms with Crippen molar-refractivity contribution in [2.24, 2.45) is 17.3 Å². The third-order valence-electron chi connectivity index (χ3n) is 7.11. The maximum absolute atomic E-state index is 12.5. The highest BCUT2D eigenvalue weighted by molar-refractivity contribution is 5.89. The van der Waals surface area contributed by atoms with Crippen LogP contribution >= 0.6 is 0 Å². The first-order valence-corrected chi connectivity index (χ1v) is 11.8. The van der Waals surface area contributed by atoms with Crippen LogP contribution < -0.4 is 0 Å². The van der Waals surface area contributed by atoms with Gasteiger partial charge in [-0.15, -0.1) is 0 Å². The minimum Gasteiger partial charge on any atom is -0.481 e. The lowest BCUT2D eigenvalue weighted by molar-refractivity contribution is -0.137. The SMILES string of the molecule is O=C(O)CCCC=CC[C@@H]1[C@@H](COC(=O)c2ccccc2)[C@H]2C[C@]1(Cc1ccccc1)CO2. The van der Waals surface area contributed by atoms with Crippen molar-refractivity contribution in [1.82, 2.24) is 0 Å². The number of benzene rings is 2. The molecule has 2 bridgehead atoms. The van der Waals surface area contributed by atoms with E-state index >= 15 is 0 Å². The topological polar surface area (TPSA) is 72.8 Å². The normalized spacial score (nSPS) is 26.0. The Morgan fingerprint density at radius 2 is 1.79 bits per heavy atom. The van der Waals surface area contributed by atoms with Crippen molar-refractivity contribution in [2.75, 3.05) is 13.2 Å². The van der Waals surface area contributed by atoms with E-state index in [2.05, 4.69) is 36.4 Å². The van der Waals surface area contributed by atoms with Crippen LogP contribution in [0, 0.1) is 17.3 Å². The van der Waals surface area contributed by atoms with Crippen LogP contribution in [-0.4, -0.2) is 36.4 Å². The standard InChI is InChI=1S/C28H32O5/c29-26(30)16-10-2-1-9-15-24-23(19-32-27(31)22-13-7-4-8-14-22)25-18-28(24,20-33-25)17-21-11-5-3-6-12-21/h1,3-9,11-14,23-25H,2,10,15-20H2,(H,29,30)/t23-,24-,25-,28-/m1/s1. The molecule has 0 spiro atoms. The summed E-state index contributed by atoms with van der Waals surface area (Å²) >= 11 is 0. The number of rotatable bonds is 11. The summed E-state index contributed by atoms with van der Waals surface area (Å²) in [4.78, 5) is 23.3. The van der Waals surface area contributed by atoms with Crippen molar-refractivity contribution in [3.63, 3.8) is 0 Å². The van der Waals surface area contributed by atoms with Crippen LogP contribution in [0.2, 0.25) is 0 Å². The fraction of sp³-hybridized carbons (Fsp3) is 0.429. The van der Waals surface area contributed by atoms with Gasteiger partial charge in [0.25, 0.3) is 0 Å². The molecule has 1 saturated heterocycles. The molecule has 1 N–H and O–H groups in total. The highest BCUT2D eigenvalue weighted by Gasteiger charge is 2.58. The molecule has 2 aliphatic rings. The fourth-order valence-corrected chi connectivity index (χ4v) is 5.50. The average Bonchev–Trinajstić information content (AvgIpc) is 3.37. The van der Waals surface area contributed by atoms with Crippen LogP contribution in [-0.2, 0) is 20.7 Å². The molecule has 1 heterocycles. The Morgan fingerprint density at radius 3 is 2.52 bits per heavy atom. The van der Waals surface area contributed by atoms with Gasteiger partial charge in [-0.3, -0.25) is 4.79 Å². The highest BCUT2D eigenvalue weighted by Crippen LogP contribution is 2.57. The van der Waals surface area contributed by atoms with Crippen LogP contribution in [0.5, 0.6) is 0 Å². The number of allylic oxidation sites excluding steroid dienone is 2. The molecule has 0 aromatic heterocycles. The maximum atomic E-state index is 12.5. The van der Waals surface area contributed by atoms with Gasteiger partial charge in [0.15, 0.2) is 0 Å². The number of carboxylic acid groups (broad SMARTS) is 1. The first kappa shape index (κ1) is 23.2. The van der Waals surface area contributed by atoms with Crippen molar-refractivity contribution in [2.45, 2.75) is 44.6 Å². The number of carbonyl (C=O) groups excluding carboxylic acids is 1. The Bertz CT molecular complexity index is 955. The number of aliphatic carboxylic acids is 1. The van der Waals surface area contributed by atoms with E-state index in [9.17, 15) is 9.59 Å². The quantitative estimate of drug-likeness (QED) is 0.287. The number of hydrogen-bond acceptors (Lipinski definition) is 4. The molecule has 4 atom stereocenters. The van der Waals surface area contributed by atoms with Gasteiger partial charge in [-0.05, 0) is 55.7 Å². The maximum Gasteiger partial charge on any atom is 0.338 e. The number of carboxylic acids is 1. The third-order valence-corrected chi connectivity index (χ3v) is 7.11. The van der Waals surface area contributed by atoms with Gasteiger partial charge in [-0.1, -0.05) is 60.7 Å². The summed E-state index contributed by atoms with van der Waals surface area (Å²) in [5.74, 6) is -0.552. The zero-order valence-electron chi connectivity index (χ0n) is 18.9. The zero-order chi connectivity index (χ0) is 23.1. The second kappa shape index (κ2) is 10.8. The van der Waals surface area contributed by atoms with Gasteiger partial charge in [0, 0.05) is 17.8 Å². The number of ether oxygens (including phenoxy) is 2. The summed E-state index contributed by atoms with van der Waals surface area (Å²) in [5, 5.41) is 8.83. The van der Waals surface area contributed by atoms with E-state index in [0.717, 1.165) is 32.3 Å². The van der Waals surface area contributed by atoms with Crippen LogP contribution in [0.1, 0.15) is 48.0 Å². The molecule has 0 radical (unpaired) electrons. The fourth-order valence-electron chi connectivity index (χ4n) is 5.50. The van der Waals surface area contributed by atoms with E-state index in [4.69, 9.17) is 14.6 Å². The number of carbonyl (C=O) groups is 2. The minimum absolute atomic E-state index is 0.0290. The summed E-state index contributed by atoms with van der Waals surface area (Å²) in [7, 11) is 0. The molecule has 1 aliphatic carbocycles. The molecule has 5 heteroatoms. The molecule has 1 aliphatic heterocycles. The minimum atomic E-state index is -0.754. The van der Waals surface area contributed by atoms with Gasteiger partial charge in [-0.25, -0.2) is 4.79 Å². The van der Waals surface area contributed by atoms with E-state index in [0.29, 0.717) is 24.5 Å². The largest absolute Gasteiger partial charge is 0.481 e. The average molecular weight is 449 g/mol. The molecule has 2 aromatic carbocycles. The summed E-state index contributed by atoms with van der Waals surface area (Å²) in [5.41, 5.74) is 1.90. The van der Waals surface area contributed by atoms with E-state index in [1.807, 2.05) is 24.3 Å². The molecular weight excluding hydrogens is 416 g/mol. The summed E-state index contributed by atoms with van der Waals surface area (Å²) in [6, 6.07) is 19.6. The monoisotopic (exact) mass is 448 g/mol. The molecule has 0 amide bonds. The van der Waals surface area contributed by atoms with Crippen LogP contribution in [0.4, 0.5) is 0 Å². The van der Waals surface area contributed by atoms with Crippen molar-refractivity contribution < 1.29 is 24.2 Å². The lowest BCUT2D eigenvalue weighted by atomic mass is 9.70. The van der Waals surface area contributed by atoms with Gasteiger partial charge in [0.1, 0.15) is 0 Å². The van der Waals surface area contributed by atoms with Gasteiger partial charge >= 0.3 is 11.9 Å². The Kier molecular flexibility index (Phi) is 7.61. The molecule has 174 valence electrons. The molecule has 33 heavy (non-hydrogen) atoms. The Balaban J connectivity index is 1.45. The Hall–Kier alpha value is -2.92. The predicted molar refractivity (Wildman–Crippen MR) is 126 cm³/mol. The molecule has 1 saturated carbocycles. The zero-order valence-corrected chi connectivity index (χ0v) is 18.9. The van der Waals surface area contributed by atoms with Gasteiger partial charge < -0.3 is 14.6 Å². The van der Waals surface area contributed by atoms with Crippen molar-refractivity contribution in [3.05, 3.63) is 83.9 Å². The van der Waals surface area contributed by atoms with E-state index in [1.165, 1.54) is 5.56 Å². The van der Waals surface area contributed by atoms with E-state index < -0.39 is 5.97 Å². The van der Waals surface area contributed by atoms with Gasteiger partial charge in [0.2, 0.25) is 0 Å². The van der Waals surface area contributed by atoms with Gasteiger partial charge in [-0.2, -0.15) is 0 Å². The van der Waals surface area contributed by atoms with Gasteiger partial charge in [0.05, 0.1) is 24.9 Å². The lowest BCUT2D eigenvalue weighted by Gasteiger charge is -2.38. The molecule has 4 rings (SSSR count). The van der Waals surface area contributed by atoms with Crippen molar-refractivity contribution in [3.8, 4) is 0 Å². The number of hydrogen-bond donors (Lipinski definition) is 1. The predicted octanol–water partition coefficient (Wildman–Crippen LogP) is 5.31. The second-order valence-corrected chi connectivity index (χ2v) is 9.31. The van der Waals surface area contributed by atoms with Crippen LogP contribution in [0.3, 0.4) is 0 Å². The third kappa shape index (κ3) is 5.72. The lowest BCUT2D eigenvalue weighted by Crippen LogP contribution is -2.40. The molecule has 0 unspecified atom stereocenters. The smallest absolute Gasteiger partial charge is 0.338 e. The number of esters is 1. The highest BCUT2D eigenvalue weighted by atomic mass is 16.5. The van der Waals surface area contributed by atoms with Crippen molar-refractivity contribution in [1.29, 1.82) is 0 Å². The van der Waals surface area contributed by atoms with E-state index in [1.54, 1.807) is 12.1 Å². The number of fused-ring (bicyclic) bond motifs is 2. The van der Waals surface area contributed by atoms with Crippen LogP contribution in [0.25, 0.3) is 0 Å². The van der Waals surface area contributed by atoms with E-state index in [-0.39, 0.29) is 29.8 Å². The second-order valence-electron chi connectivity index (χ2n) is 9.31. The summed E-state index contributed by atoms with van der Waals surface area (Å²) in [6.45, 7) is 1.08. The van der Waals surface area contributed by atoms with Crippen LogP contribution in [0.15, 0.2) is 72.8 Å². The summed E-state index contributed by atoms with van der Waals surface area (Å²) in [6.07, 6.45) is 8.80. The Labute approximate surface area is 195 Å². The number of unbranched alkanes of at least 4 members (excludes halogenated alkanes) is 1.